The maximum Gasteiger partial charge on any atom is 0.246 e. The molecule has 1 amide bonds. The van der Waals surface area contributed by atoms with Gasteiger partial charge in [0.2, 0.25) is 5.91 Å². The molecule has 26 heavy (non-hydrogen) atoms. The van der Waals surface area contributed by atoms with Gasteiger partial charge in [-0.25, -0.2) is 4.98 Å². The smallest absolute Gasteiger partial charge is 0.246 e. The van der Waals surface area contributed by atoms with E-state index < -0.39 is 0 Å². The first-order chi connectivity index (χ1) is 12.6. The van der Waals surface area contributed by atoms with Gasteiger partial charge in [0.15, 0.2) is 0 Å². The number of carbonyl (C=O) groups is 1. The van der Waals surface area contributed by atoms with E-state index in [9.17, 15) is 4.79 Å². The molecule has 2 atom stereocenters. The first-order valence-corrected chi connectivity index (χ1v) is 9.05. The monoisotopic (exact) mass is 345 g/mol. The number of nitrogen functional groups attached to an aromatic ring is 1. The molecule has 1 fully saturated rings. The number of hydrogen-bond acceptors (Lipinski definition) is 3. The number of fused-ring (bicyclic) bond motifs is 1. The number of rotatable bonds is 3. The van der Waals surface area contributed by atoms with Crippen molar-refractivity contribution < 1.29 is 4.79 Å². The van der Waals surface area contributed by atoms with Crippen molar-refractivity contribution in [3.63, 3.8) is 0 Å². The van der Waals surface area contributed by atoms with Crippen molar-refractivity contribution >= 4 is 23.4 Å². The number of hydrogen-bond donors (Lipinski definition) is 1. The van der Waals surface area contributed by atoms with Crippen molar-refractivity contribution in [2.24, 2.45) is 11.8 Å². The number of nitrogens with zero attached hydrogens (tertiary/aromatic N) is 2. The molecule has 1 aromatic carbocycles. The van der Waals surface area contributed by atoms with Crippen LogP contribution in [0.2, 0.25) is 0 Å². The van der Waals surface area contributed by atoms with Crippen LogP contribution >= 0.6 is 0 Å². The maximum atomic E-state index is 12.6. The minimum absolute atomic E-state index is 0.0743. The number of pyridine rings is 1. The third-order valence-electron chi connectivity index (χ3n) is 5.42. The number of likely N-dealkylation sites (tertiary alicyclic amines) is 1. The lowest BCUT2D eigenvalue weighted by Gasteiger charge is -2.15. The van der Waals surface area contributed by atoms with Crippen LogP contribution in [-0.4, -0.2) is 28.9 Å². The number of anilines is 1. The molecule has 2 aliphatic rings. The quantitative estimate of drug-likeness (QED) is 0.866. The number of benzene rings is 1. The standard InChI is InChI=1S/C22H23N3O/c1-15-9-21(23)24-12-17(15)7-8-22(26)25-13-19-10-18(11-20(19)14-25)16-5-3-2-4-6-16/h2-10,12,19-20H,11,13-14H2,1H3,(H2,23,24)/b8-7+. The van der Waals surface area contributed by atoms with Gasteiger partial charge in [0.25, 0.3) is 0 Å². The fourth-order valence-corrected chi connectivity index (χ4v) is 3.99. The summed E-state index contributed by atoms with van der Waals surface area (Å²) in [6.45, 7) is 3.61. The minimum atomic E-state index is 0.0743. The highest BCUT2D eigenvalue weighted by atomic mass is 16.2. The first kappa shape index (κ1) is 16.6. The SMILES string of the molecule is Cc1cc(N)ncc1/C=C/C(=O)N1CC2C=C(c3ccccc3)CC2C1. The molecule has 132 valence electrons. The van der Waals surface area contributed by atoms with Gasteiger partial charge in [-0.05, 0) is 59.6 Å². The van der Waals surface area contributed by atoms with E-state index in [1.165, 1.54) is 11.1 Å². The molecule has 4 nitrogen and oxygen atoms in total. The molecule has 0 saturated carbocycles. The van der Waals surface area contributed by atoms with Gasteiger partial charge in [-0.2, -0.15) is 0 Å². The highest BCUT2D eigenvalue weighted by Gasteiger charge is 2.37. The van der Waals surface area contributed by atoms with Gasteiger partial charge in [0.1, 0.15) is 5.82 Å². The van der Waals surface area contributed by atoms with Crippen molar-refractivity contribution in [2.45, 2.75) is 13.3 Å². The lowest BCUT2D eigenvalue weighted by atomic mass is 9.98. The molecule has 4 heteroatoms. The maximum absolute atomic E-state index is 12.6. The van der Waals surface area contributed by atoms with Gasteiger partial charge >= 0.3 is 0 Å². The number of amides is 1. The van der Waals surface area contributed by atoms with E-state index in [1.807, 2.05) is 30.0 Å². The van der Waals surface area contributed by atoms with Gasteiger partial charge in [0.05, 0.1) is 0 Å². The molecule has 2 aromatic rings. The van der Waals surface area contributed by atoms with Crippen molar-refractivity contribution in [2.75, 3.05) is 18.8 Å². The Kier molecular flexibility index (Phi) is 4.33. The van der Waals surface area contributed by atoms with E-state index in [0.29, 0.717) is 17.7 Å². The zero-order valence-electron chi connectivity index (χ0n) is 14.9. The van der Waals surface area contributed by atoms with Crippen LogP contribution in [-0.2, 0) is 4.79 Å². The zero-order chi connectivity index (χ0) is 18.1. The summed E-state index contributed by atoms with van der Waals surface area (Å²) in [4.78, 5) is 18.6. The molecule has 1 saturated heterocycles. The van der Waals surface area contributed by atoms with Crippen LogP contribution in [0.3, 0.4) is 0 Å². The summed E-state index contributed by atoms with van der Waals surface area (Å²) < 4.78 is 0. The molecule has 0 radical (unpaired) electrons. The van der Waals surface area contributed by atoms with Crippen LogP contribution in [0.4, 0.5) is 5.82 Å². The number of aryl methyl sites for hydroxylation is 1. The largest absolute Gasteiger partial charge is 0.384 e. The van der Waals surface area contributed by atoms with E-state index in [1.54, 1.807) is 12.3 Å². The van der Waals surface area contributed by atoms with Gasteiger partial charge in [0, 0.05) is 25.4 Å². The van der Waals surface area contributed by atoms with Crippen LogP contribution in [0.15, 0.2) is 54.7 Å². The predicted molar refractivity (Wildman–Crippen MR) is 105 cm³/mol. The number of allylic oxidation sites excluding steroid dienone is 1. The highest BCUT2D eigenvalue weighted by Crippen LogP contribution is 2.40. The summed E-state index contributed by atoms with van der Waals surface area (Å²) in [7, 11) is 0. The summed E-state index contributed by atoms with van der Waals surface area (Å²) in [5.41, 5.74) is 10.4. The second-order valence-corrected chi connectivity index (χ2v) is 7.23. The Morgan fingerprint density at radius 2 is 2.08 bits per heavy atom. The van der Waals surface area contributed by atoms with E-state index in [2.05, 4.69) is 35.3 Å². The zero-order valence-corrected chi connectivity index (χ0v) is 14.9. The van der Waals surface area contributed by atoms with Gasteiger partial charge < -0.3 is 10.6 Å². The van der Waals surface area contributed by atoms with Crippen LogP contribution in [0, 0.1) is 18.8 Å². The number of aromatic nitrogens is 1. The van der Waals surface area contributed by atoms with E-state index >= 15 is 0 Å². The molecule has 1 aromatic heterocycles. The molecule has 0 spiro atoms. The highest BCUT2D eigenvalue weighted by molar-refractivity contribution is 5.92. The Bertz CT molecular complexity index is 886. The van der Waals surface area contributed by atoms with Crippen molar-refractivity contribution in [3.8, 4) is 0 Å². The Morgan fingerprint density at radius 3 is 2.81 bits per heavy atom. The first-order valence-electron chi connectivity index (χ1n) is 9.05. The topological polar surface area (TPSA) is 59.2 Å². The van der Waals surface area contributed by atoms with Crippen LogP contribution in [0.25, 0.3) is 11.6 Å². The van der Waals surface area contributed by atoms with Gasteiger partial charge in [-0.15, -0.1) is 0 Å². The summed E-state index contributed by atoms with van der Waals surface area (Å²) in [6.07, 6.45) is 8.63. The van der Waals surface area contributed by atoms with Gasteiger partial charge in [-0.3, -0.25) is 4.79 Å². The summed E-state index contributed by atoms with van der Waals surface area (Å²) in [5.74, 6) is 1.59. The van der Waals surface area contributed by atoms with Crippen molar-refractivity contribution in [1.82, 2.24) is 9.88 Å². The lowest BCUT2D eigenvalue weighted by Crippen LogP contribution is -2.27. The summed E-state index contributed by atoms with van der Waals surface area (Å²) in [5, 5.41) is 0. The second-order valence-electron chi connectivity index (χ2n) is 7.23. The second kappa shape index (κ2) is 6.79. The lowest BCUT2D eigenvalue weighted by molar-refractivity contribution is -0.125. The normalized spacial score (nSPS) is 21.9. The Hall–Kier alpha value is -2.88. The van der Waals surface area contributed by atoms with Crippen molar-refractivity contribution in [3.05, 3.63) is 71.4 Å². The third-order valence-corrected chi connectivity index (χ3v) is 5.42. The fourth-order valence-electron chi connectivity index (χ4n) is 3.99. The molecule has 1 aliphatic heterocycles. The van der Waals surface area contributed by atoms with Crippen molar-refractivity contribution in [1.29, 1.82) is 0 Å². The fraction of sp³-hybridized carbons (Fsp3) is 0.273. The van der Waals surface area contributed by atoms with E-state index in [4.69, 9.17) is 5.73 Å². The van der Waals surface area contributed by atoms with Crippen LogP contribution < -0.4 is 5.73 Å². The molecule has 0 bridgehead atoms. The van der Waals surface area contributed by atoms with E-state index in [-0.39, 0.29) is 5.91 Å². The molecular formula is C22H23N3O. The number of nitrogens with two attached hydrogens (primary N) is 1. The average molecular weight is 345 g/mol. The molecule has 2 unspecified atom stereocenters. The third kappa shape index (κ3) is 3.27. The summed E-state index contributed by atoms with van der Waals surface area (Å²) in [6, 6.07) is 12.4. The Labute approximate surface area is 154 Å². The molecule has 2 heterocycles. The Balaban J connectivity index is 1.41. The van der Waals surface area contributed by atoms with Crippen LogP contribution in [0.1, 0.15) is 23.1 Å². The molecule has 2 N–H and O–H groups in total. The van der Waals surface area contributed by atoms with Gasteiger partial charge in [-0.1, -0.05) is 36.4 Å². The summed E-state index contributed by atoms with van der Waals surface area (Å²) >= 11 is 0. The van der Waals surface area contributed by atoms with E-state index in [0.717, 1.165) is 30.6 Å². The predicted octanol–water partition coefficient (Wildman–Crippen LogP) is 3.55. The number of carbonyl (C=O) groups excluding carboxylic acids is 1. The van der Waals surface area contributed by atoms with Crippen LogP contribution in [0.5, 0.6) is 0 Å². The Morgan fingerprint density at radius 1 is 1.27 bits per heavy atom. The molecule has 1 aliphatic carbocycles. The average Bonchev–Trinajstić information content (AvgIpc) is 3.20. The molecular weight excluding hydrogens is 322 g/mol. The minimum Gasteiger partial charge on any atom is -0.384 e. The molecule has 4 rings (SSSR count).